The van der Waals surface area contributed by atoms with Gasteiger partial charge in [-0.3, -0.25) is 24.5 Å². The first-order valence-electron chi connectivity index (χ1n) is 14.4. The fourth-order valence-corrected chi connectivity index (χ4v) is 6.47. The summed E-state index contributed by atoms with van der Waals surface area (Å²) < 4.78 is 21.7. The monoisotopic (exact) mass is 588 g/mol. The number of amides is 1. The number of ether oxygens (including phenoxy) is 1. The number of benzene rings is 1. The summed E-state index contributed by atoms with van der Waals surface area (Å²) in [5.74, 6) is 0.723. The average molecular weight is 589 g/mol. The number of Topliss-reactive ketones (excluding diaryl/α,β-unsaturated/α-hetero) is 1. The van der Waals surface area contributed by atoms with E-state index >= 15 is 0 Å². The number of halogens is 1. The molecule has 2 fully saturated rings. The van der Waals surface area contributed by atoms with E-state index in [4.69, 9.17) is 9.84 Å². The predicted octanol–water partition coefficient (Wildman–Crippen LogP) is 5.27. The molecule has 1 saturated heterocycles. The maximum Gasteiger partial charge on any atom is 0.237 e. The highest BCUT2D eigenvalue weighted by Crippen LogP contribution is 2.39. The summed E-state index contributed by atoms with van der Waals surface area (Å²) in [5.41, 5.74) is 3.19. The first-order chi connectivity index (χ1) is 20.5. The second-order valence-corrected chi connectivity index (χ2v) is 12.1. The SMILES string of the molecule is O=C(Cc1ccc(Oc2ccnc3cc(-c4ccc(CN5CCC[C@H]5C(=O)NCCO)cn4)sc23)c(F)c1)CC1CC1. The van der Waals surface area contributed by atoms with Crippen molar-refractivity contribution < 1.29 is 23.8 Å². The number of aliphatic hydroxyl groups is 1. The first-order valence-corrected chi connectivity index (χ1v) is 15.2. The van der Waals surface area contributed by atoms with Crippen LogP contribution in [-0.4, -0.2) is 57.4 Å². The van der Waals surface area contributed by atoms with Crippen LogP contribution in [0.5, 0.6) is 11.5 Å². The number of nitrogens with zero attached hydrogens (tertiary/aromatic N) is 3. The van der Waals surface area contributed by atoms with Crippen LogP contribution in [-0.2, 0) is 22.6 Å². The average Bonchev–Trinajstić information content (AvgIpc) is 3.48. The van der Waals surface area contributed by atoms with E-state index in [0.29, 0.717) is 30.2 Å². The zero-order valence-corrected chi connectivity index (χ0v) is 24.0. The minimum absolute atomic E-state index is 0.0447. The molecule has 8 nitrogen and oxygen atoms in total. The molecule has 0 radical (unpaired) electrons. The summed E-state index contributed by atoms with van der Waals surface area (Å²) in [6, 6.07) is 12.2. The zero-order chi connectivity index (χ0) is 29.1. The lowest BCUT2D eigenvalue weighted by molar-refractivity contribution is -0.125. The van der Waals surface area contributed by atoms with Gasteiger partial charge in [0.15, 0.2) is 11.6 Å². The van der Waals surface area contributed by atoms with E-state index in [0.717, 1.165) is 58.6 Å². The Bertz CT molecular complexity index is 1590. The molecule has 0 spiro atoms. The highest BCUT2D eigenvalue weighted by molar-refractivity contribution is 7.22. The molecule has 4 aromatic rings. The molecule has 2 N–H and O–H groups in total. The number of carbonyl (C=O) groups excluding carboxylic acids is 2. The number of aromatic nitrogens is 2. The fourth-order valence-electron chi connectivity index (χ4n) is 5.43. The van der Waals surface area contributed by atoms with Gasteiger partial charge < -0.3 is 15.2 Å². The van der Waals surface area contributed by atoms with Gasteiger partial charge in [0, 0.05) is 44.4 Å². The van der Waals surface area contributed by atoms with Crippen LogP contribution in [0.15, 0.2) is 54.9 Å². The lowest BCUT2D eigenvalue weighted by Gasteiger charge is -2.23. The van der Waals surface area contributed by atoms with Crippen molar-refractivity contribution in [3.63, 3.8) is 0 Å². The molecule has 10 heteroatoms. The second-order valence-electron chi connectivity index (χ2n) is 11.1. The van der Waals surface area contributed by atoms with Gasteiger partial charge >= 0.3 is 0 Å². The van der Waals surface area contributed by atoms with Gasteiger partial charge in [0.2, 0.25) is 5.91 Å². The Morgan fingerprint density at radius 3 is 2.69 bits per heavy atom. The predicted molar refractivity (Wildman–Crippen MR) is 159 cm³/mol. The number of thiophene rings is 1. The lowest BCUT2D eigenvalue weighted by Crippen LogP contribution is -2.43. The Morgan fingerprint density at radius 1 is 1.07 bits per heavy atom. The normalized spacial score (nSPS) is 17.0. The molecule has 2 aliphatic rings. The van der Waals surface area contributed by atoms with Crippen LogP contribution in [0, 0.1) is 11.7 Å². The number of likely N-dealkylation sites (tertiary alicyclic amines) is 1. The lowest BCUT2D eigenvalue weighted by atomic mass is 10.0. The van der Waals surface area contributed by atoms with Gasteiger partial charge in [0.05, 0.1) is 33.4 Å². The number of nitrogens with one attached hydrogen (secondary N) is 1. The molecular weight excluding hydrogens is 555 g/mol. The smallest absolute Gasteiger partial charge is 0.237 e. The molecule has 1 atom stereocenters. The summed E-state index contributed by atoms with van der Waals surface area (Å²) in [7, 11) is 0. The van der Waals surface area contributed by atoms with E-state index < -0.39 is 5.82 Å². The van der Waals surface area contributed by atoms with Gasteiger partial charge in [0.25, 0.3) is 0 Å². The third-order valence-corrected chi connectivity index (χ3v) is 8.91. The third-order valence-electron chi connectivity index (χ3n) is 7.75. The molecule has 1 aliphatic carbocycles. The highest BCUT2D eigenvalue weighted by atomic mass is 32.1. The van der Waals surface area contributed by atoms with Crippen LogP contribution in [0.2, 0.25) is 0 Å². The first kappa shape index (κ1) is 28.4. The molecule has 3 aromatic heterocycles. The minimum Gasteiger partial charge on any atom is -0.453 e. The van der Waals surface area contributed by atoms with Gasteiger partial charge in [-0.05, 0) is 73.5 Å². The van der Waals surface area contributed by atoms with Crippen molar-refractivity contribution >= 4 is 33.2 Å². The van der Waals surface area contributed by atoms with Crippen molar-refractivity contribution in [3.05, 3.63) is 71.8 Å². The van der Waals surface area contributed by atoms with Crippen molar-refractivity contribution in [1.82, 2.24) is 20.2 Å². The van der Waals surface area contributed by atoms with Crippen LogP contribution in [0.3, 0.4) is 0 Å². The van der Waals surface area contributed by atoms with E-state index in [9.17, 15) is 14.0 Å². The highest BCUT2D eigenvalue weighted by Gasteiger charge is 2.30. The number of aliphatic hydroxyl groups excluding tert-OH is 1. The molecule has 4 heterocycles. The number of ketones is 1. The Labute approximate surface area is 247 Å². The molecule has 1 saturated carbocycles. The van der Waals surface area contributed by atoms with E-state index in [2.05, 4.69) is 20.2 Å². The molecular formula is C32H33FN4O4S. The summed E-state index contributed by atoms with van der Waals surface area (Å²) in [6.07, 6.45) is 8.28. The standard InChI is InChI=1S/C32H33FN4O4S/c33-24-16-21(15-23(39)14-20-3-4-20)6-8-28(24)41-29-9-10-34-26-17-30(42-31(26)29)25-7-5-22(18-36-25)19-37-12-1-2-27(37)32(40)35-11-13-38/h5-10,16-18,20,27,38H,1-4,11-15,19H2,(H,35,40)/t27-/m0/s1. The summed E-state index contributed by atoms with van der Waals surface area (Å²) in [5, 5.41) is 11.8. The molecule has 1 aromatic carbocycles. The van der Waals surface area contributed by atoms with Gasteiger partial charge in [0.1, 0.15) is 11.5 Å². The number of fused-ring (bicyclic) bond motifs is 1. The van der Waals surface area contributed by atoms with Crippen LogP contribution < -0.4 is 10.1 Å². The summed E-state index contributed by atoms with van der Waals surface area (Å²) >= 11 is 1.48. The Kier molecular flexibility index (Phi) is 8.55. The molecule has 0 unspecified atom stereocenters. The topological polar surface area (TPSA) is 105 Å². The van der Waals surface area contributed by atoms with Crippen molar-refractivity contribution in [3.8, 4) is 22.1 Å². The number of pyridine rings is 2. The van der Waals surface area contributed by atoms with Gasteiger partial charge in [-0.1, -0.05) is 12.1 Å². The van der Waals surface area contributed by atoms with Crippen molar-refractivity contribution in [2.75, 3.05) is 19.7 Å². The number of rotatable bonds is 12. The Morgan fingerprint density at radius 2 is 1.93 bits per heavy atom. The second kappa shape index (κ2) is 12.6. The van der Waals surface area contributed by atoms with Crippen LogP contribution >= 0.6 is 11.3 Å². The van der Waals surface area contributed by atoms with Crippen LogP contribution in [0.4, 0.5) is 4.39 Å². The maximum atomic E-state index is 14.9. The van der Waals surface area contributed by atoms with Gasteiger partial charge in [-0.15, -0.1) is 11.3 Å². The molecule has 6 rings (SSSR count). The molecule has 42 heavy (non-hydrogen) atoms. The summed E-state index contributed by atoms with van der Waals surface area (Å²) in [4.78, 5) is 36.9. The van der Waals surface area contributed by atoms with Crippen molar-refractivity contribution in [2.45, 2.75) is 51.1 Å². The van der Waals surface area contributed by atoms with E-state index in [1.54, 1.807) is 24.4 Å². The third kappa shape index (κ3) is 6.67. The Balaban J connectivity index is 1.13. The number of carbonyl (C=O) groups is 2. The van der Waals surface area contributed by atoms with E-state index in [1.807, 2.05) is 24.4 Å². The van der Waals surface area contributed by atoms with E-state index in [-0.39, 0.29) is 43.1 Å². The fraction of sp³-hybridized carbons (Fsp3) is 0.375. The number of hydrogen-bond donors (Lipinski definition) is 2. The minimum atomic E-state index is -0.503. The maximum absolute atomic E-state index is 14.9. The zero-order valence-electron chi connectivity index (χ0n) is 23.2. The molecule has 0 bridgehead atoms. The van der Waals surface area contributed by atoms with E-state index in [1.165, 1.54) is 17.4 Å². The number of hydrogen-bond acceptors (Lipinski definition) is 8. The Hall–Kier alpha value is -3.73. The van der Waals surface area contributed by atoms with Crippen molar-refractivity contribution in [2.24, 2.45) is 5.92 Å². The van der Waals surface area contributed by atoms with Crippen molar-refractivity contribution in [1.29, 1.82) is 0 Å². The van der Waals surface area contributed by atoms with Gasteiger partial charge in [-0.2, -0.15) is 0 Å². The van der Waals surface area contributed by atoms with Gasteiger partial charge in [-0.25, -0.2) is 4.39 Å². The largest absolute Gasteiger partial charge is 0.453 e. The molecule has 218 valence electrons. The van der Waals surface area contributed by atoms with Crippen LogP contribution in [0.25, 0.3) is 20.8 Å². The molecule has 1 aliphatic heterocycles. The quantitative estimate of drug-likeness (QED) is 0.232. The van der Waals surface area contributed by atoms with Crippen LogP contribution in [0.1, 0.15) is 43.2 Å². The summed E-state index contributed by atoms with van der Waals surface area (Å²) in [6.45, 7) is 1.65. The molecule has 1 amide bonds.